The lowest BCUT2D eigenvalue weighted by Crippen LogP contribution is -2.35. The molecule has 114 valence electrons. The molecule has 3 N–H and O–H groups in total. The molecule has 1 atom stereocenters. The van der Waals surface area contributed by atoms with Gasteiger partial charge in [-0.1, -0.05) is 18.2 Å². The molecule has 0 fully saturated rings. The molecule has 1 unspecified atom stereocenters. The summed E-state index contributed by atoms with van der Waals surface area (Å²) in [6.07, 6.45) is 2.93. The summed E-state index contributed by atoms with van der Waals surface area (Å²) < 4.78 is 5.41. The first-order valence-corrected chi connectivity index (χ1v) is 7.68. The molecule has 22 heavy (non-hydrogen) atoms. The van der Waals surface area contributed by atoms with E-state index in [1.54, 1.807) is 0 Å². The van der Waals surface area contributed by atoms with Crippen LogP contribution in [0.15, 0.2) is 23.2 Å². The molecule has 1 aromatic carbocycles. The van der Waals surface area contributed by atoms with Crippen molar-refractivity contribution in [1.29, 1.82) is 0 Å². The van der Waals surface area contributed by atoms with E-state index >= 15 is 0 Å². The highest BCUT2D eigenvalue weighted by molar-refractivity contribution is 5.74. The van der Waals surface area contributed by atoms with Crippen molar-refractivity contribution in [3.63, 3.8) is 0 Å². The number of H-pyrrole nitrogens is 1. The molecule has 1 aliphatic carbocycles. The zero-order chi connectivity index (χ0) is 15.3. The van der Waals surface area contributed by atoms with Crippen LogP contribution in [0.2, 0.25) is 0 Å². The Balaban J connectivity index is 1.75. The minimum absolute atomic E-state index is 0.157. The quantitative estimate of drug-likeness (QED) is 0.847. The van der Waals surface area contributed by atoms with Gasteiger partial charge in [0.15, 0.2) is 0 Å². The highest BCUT2D eigenvalue weighted by Crippen LogP contribution is 2.37. The van der Waals surface area contributed by atoms with Crippen molar-refractivity contribution in [2.75, 3.05) is 6.61 Å². The molecule has 0 saturated carbocycles. The third-order valence-electron chi connectivity index (χ3n) is 4.84. The van der Waals surface area contributed by atoms with Gasteiger partial charge in [0.05, 0.1) is 5.69 Å². The maximum Gasteiger partial charge on any atom is 0.282 e. The minimum Gasteiger partial charge on any atom is -0.463 e. The molecular formula is C17H20N4O. The number of nitrogens with one attached hydrogen (secondary N) is 1. The van der Waals surface area contributed by atoms with Crippen molar-refractivity contribution in [2.24, 2.45) is 10.7 Å². The summed E-state index contributed by atoms with van der Waals surface area (Å²) in [5.41, 5.74) is 12.9. The van der Waals surface area contributed by atoms with E-state index in [2.05, 4.69) is 40.3 Å². The molecule has 5 heteroatoms. The monoisotopic (exact) mass is 296 g/mol. The predicted octanol–water partition coefficient (Wildman–Crippen LogP) is 2.27. The van der Waals surface area contributed by atoms with Gasteiger partial charge < -0.3 is 10.5 Å². The number of nitrogens with zero attached hydrogens (tertiary/aromatic N) is 2. The fourth-order valence-corrected chi connectivity index (χ4v) is 3.70. The van der Waals surface area contributed by atoms with Crippen molar-refractivity contribution in [3.8, 4) is 11.1 Å². The Morgan fingerprint density at radius 1 is 1.27 bits per heavy atom. The van der Waals surface area contributed by atoms with Gasteiger partial charge in [0.25, 0.3) is 6.02 Å². The smallest absolute Gasteiger partial charge is 0.282 e. The van der Waals surface area contributed by atoms with Crippen molar-refractivity contribution in [1.82, 2.24) is 10.2 Å². The lowest BCUT2D eigenvalue weighted by Gasteiger charge is -2.30. The van der Waals surface area contributed by atoms with Gasteiger partial charge in [-0.3, -0.25) is 5.10 Å². The van der Waals surface area contributed by atoms with Gasteiger partial charge in [-0.05, 0) is 43.4 Å². The summed E-state index contributed by atoms with van der Waals surface area (Å²) in [6.45, 7) is 4.70. The lowest BCUT2D eigenvalue weighted by atomic mass is 9.78. The molecule has 4 rings (SSSR count). The van der Waals surface area contributed by atoms with Gasteiger partial charge in [-0.25, -0.2) is 4.99 Å². The van der Waals surface area contributed by atoms with E-state index in [4.69, 9.17) is 10.5 Å². The third-order valence-corrected chi connectivity index (χ3v) is 4.84. The number of aryl methyl sites for hydroxylation is 3. The van der Waals surface area contributed by atoms with Gasteiger partial charge in [0.1, 0.15) is 12.1 Å². The number of nitrogens with two attached hydrogens (primary N) is 1. The second-order valence-corrected chi connectivity index (χ2v) is 6.43. The standard InChI is InChI=1S/C17H20N4O/c1-10-15(11(2)21-20-10)13-4-3-12-5-6-17(8-14(12)7-13)9-22-16(18)19-17/h3-4,7H,5-6,8-9H2,1-2H3,(H2,18,19)(H,20,21). The Morgan fingerprint density at radius 2 is 2.14 bits per heavy atom. The van der Waals surface area contributed by atoms with Crippen molar-refractivity contribution in [2.45, 2.75) is 38.6 Å². The predicted molar refractivity (Wildman–Crippen MR) is 85.8 cm³/mol. The number of amidine groups is 1. The third kappa shape index (κ3) is 2.00. The van der Waals surface area contributed by atoms with Crippen LogP contribution in [0, 0.1) is 13.8 Å². The molecule has 0 saturated heterocycles. The van der Waals surface area contributed by atoms with Gasteiger partial charge in [0.2, 0.25) is 0 Å². The number of rotatable bonds is 1. The number of aromatic nitrogens is 2. The number of aliphatic imine (C=N–C) groups is 1. The summed E-state index contributed by atoms with van der Waals surface area (Å²) in [5.74, 6) is 0. The average molecular weight is 296 g/mol. The van der Waals surface area contributed by atoms with Crippen LogP contribution in [0.3, 0.4) is 0 Å². The summed E-state index contributed by atoms with van der Waals surface area (Å²) in [5, 5.41) is 7.36. The van der Waals surface area contributed by atoms with Gasteiger partial charge in [-0.2, -0.15) is 5.10 Å². The fraction of sp³-hybridized carbons (Fsp3) is 0.412. The SMILES string of the molecule is Cc1n[nH]c(C)c1-c1ccc2c(c1)CC1(CC2)COC(N)=N1. The largest absolute Gasteiger partial charge is 0.463 e. The number of benzene rings is 1. The van der Waals surface area contributed by atoms with Crippen LogP contribution in [0.1, 0.15) is 28.9 Å². The molecule has 2 aliphatic rings. The van der Waals surface area contributed by atoms with E-state index in [0.717, 1.165) is 30.7 Å². The zero-order valence-corrected chi connectivity index (χ0v) is 12.9. The van der Waals surface area contributed by atoms with E-state index in [0.29, 0.717) is 12.6 Å². The van der Waals surface area contributed by atoms with E-state index in [9.17, 15) is 0 Å². The Labute approximate surface area is 129 Å². The van der Waals surface area contributed by atoms with Crippen LogP contribution in [-0.4, -0.2) is 28.4 Å². The number of fused-ring (bicyclic) bond motifs is 1. The molecular weight excluding hydrogens is 276 g/mol. The Hall–Kier alpha value is -2.30. The molecule has 0 amide bonds. The molecule has 0 bridgehead atoms. The van der Waals surface area contributed by atoms with Gasteiger partial charge in [0, 0.05) is 17.7 Å². The number of hydrogen-bond acceptors (Lipinski definition) is 4. The maximum atomic E-state index is 5.72. The summed E-state index contributed by atoms with van der Waals surface area (Å²) in [4.78, 5) is 4.56. The van der Waals surface area contributed by atoms with Crippen LogP contribution in [-0.2, 0) is 17.6 Å². The topological polar surface area (TPSA) is 76.3 Å². The van der Waals surface area contributed by atoms with Crippen LogP contribution in [0.25, 0.3) is 11.1 Å². The van der Waals surface area contributed by atoms with Crippen molar-refractivity contribution >= 4 is 6.02 Å². The Morgan fingerprint density at radius 3 is 2.82 bits per heavy atom. The van der Waals surface area contributed by atoms with Crippen molar-refractivity contribution in [3.05, 3.63) is 40.7 Å². The molecule has 1 aromatic heterocycles. The van der Waals surface area contributed by atoms with Crippen molar-refractivity contribution < 1.29 is 4.74 Å². The van der Waals surface area contributed by atoms with Crippen LogP contribution < -0.4 is 5.73 Å². The number of hydrogen-bond donors (Lipinski definition) is 2. The summed E-state index contributed by atoms with van der Waals surface area (Å²) in [6, 6.07) is 7.06. The number of ether oxygens (including phenoxy) is 1. The first kappa shape index (κ1) is 13.4. The molecule has 1 aliphatic heterocycles. The number of aromatic amines is 1. The first-order valence-electron chi connectivity index (χ1n) is 7.68. The van der Waals surface area contributed by atoms with E-state index < -0.39 is 0 Å². The van der Waals surface area contributed by atoms with Gasteiger partial charge in [-0.15, -0.1) is 0 Å². The van der Waals surface area contributed by atoms with E-state index in [-0.39, 0.29) is 5.54 Å². The zero-order valence-electron chi connectivity index (χ0n) is 12.9. The fourth-order valence-electron chi connectivity index (χ4n) is 3.70. The molecule has 2 aromatic rings. The van der Waals surface area contributed by atoms with Crippen LogP contribution >= 0.6 is 0 Å². The Bertz CT molecular complexity index is 757. The molecule has 2 heterocycles. The van der Waals surface area contributed by atoms with E-state index in [1.165, 1.54) is 22.3 Å². The van der Waals surface area contributed by atoms with Crippen LogP contribution in [0.5, 0.6) is 0 Å². The highest BCUT2D eigenvalue weighted by atomic mass is 16.5. The lowest BCUT2D eigenvalue weighted by molar-refractivity contribution is 0.235. The highest BCUT2D eigenvalue weighted by Gasteiger charge is 2.39. The van der Waals surface area contributed by atoms with Gasteiger partial charge >= 0.3 is 0 Å². The molecule has 1 spiro atoms. The molecule has 0 radical (unpaired) electrons. The maximum absolute atomic E-state index is 5.72. The summed E-state index contributed by atoms with van der Waals surface area (Å²) >= 11 is 0. The summed E-state index contributed by atoms with van der Waals surface area (Å²) in [7, 11) is 0. The van der Waals surface area contributed by atoms with E-state index in [1.807, 2.05) is 6.92 Å². The second-order valence-electron chi connectivity index (χ2n) is 6.43. The molecule has 5 nitrogen and oxygen atoms in total. The second kappa shape index (κ2) is 4.60. The van der Waals surface area contributed by atoms with Crippen LogP contribution in [0.4, 0.5) is 0 Å². The average Bonchev–Trinajstić information content (AvgIpc) is 3.01. The minimum atomic E-state index is -0.157. The Kier molecular flexibility index (Phi) is 2.79. The first-order chi connectivity index (χ1) is 10.6. The normalized spacial score (nSPS) is 23.3.